The number of hydrogen-bond donors (Lipinski definition) is 2. The molecule has 2 unspecified atom stereocenters. The van der Waals surface area contributed by atoms with Crippen LogP contribution in [0.4, 0.5) is 0 Å². The van der Waals surface area contributed by atoms with E-state index in [1.165, 1.54) is 42.4 Å². The van der Waals surface area contributed by atoms with Crippen LogP contribution in [0.2, 0.25) is 0 Å². The van der Waals surface area contributed by atoms with Gasteiger partial charge in [-0.1, -0.05) is 35.5 Å². The summed E-state index contributed by atoms with van der Waals surface area (Å²) in [6.07, 6.45) is 12.2. The number of aliphatic hydroxyl groups excluding tert-OH is 1. The summed E-state index contributed by atoms with van der Waals surface area (Å²) in [7, 11) is 0. The van der Waals surface area contributed by atoms with Gasteiger partial charge in [-0.15, -0.1) is 0 Å². The van der Waals surface area contributed by atoms with Crippen LogP contribution < -0.4 is 5.32 Å². The van der Waals surface area contributed by atoms with Gasteiger partial charge >= 0.3 is 0 Å². The van der Waals surface area contributed by atoms with Crippen LogP contribution in [0.15, 0.2) is 28.8 Å². The third kappa shape index (κ3) is 3.69. The van der Waals surface area contributed by atoms with E-state index in [2.05, 4.69) is 40.8 Å². The standard InChI is InChI=1S/C25H32N2O2/c1-16-22(17(2)29-27-16)5-3-4-18-6-9-20-15-26-25(14-24(25)23(20)12-18)13-19-7-10-21(28)11-8-19/h3-4,6,9,12,19,21,24,26,28H,5,7-8,10-11,13-15H2,1-2H3/b4-3-. The third-order valence-corrected chi connectivity index (χ3v) is 7.53. The molecule has 2 fully saturated rings. The first kappa shape index (κ1) is 19.1. The van der Waals surface area contributed by atoms with E-state index in [1.54, 1.807) is 5.56 Å². The Balaban J connectivity index is 1.27. The van der Waals surface area contributed by atoms with Crippen LogP contribution in [0.5, 0.6) is 0 Å². The molecule has 29 heavy (non-hydrogen) atoms. The molecule has 0 spiro atoms. The van der Waals surface area contributed by atoms with Gasteiger partial charge in [-0.2, -0.15) is 0 Å². The maximum atomic E-state index is 9.80. The lowest BCUT2D eigenvalue weighted by Gasteiger charge is -2.32. The Morgan fingerprint density at radius 1 is 1.24 bits per heavy atom. The van der Waals surface area contributed by atoms with Crippen molar-refractivity contribution < 1.29 is 9.63 Å². The fourth-order valence-corrected chi connectivity index (χ4v) is 5.65. The molecule has 0 radical (unpaired) electrons. The molecule has 5 rings (SSSR count). The number of fused-ring (bicyclic) bond motifs is 3. The average Bonchev–Trinajstić information content (AvgIpc) is 3.37. The smallest absolute Gasteiger partial charge is 0.137 e. The monoisotopic (exact) mass is 392 g/mol. The summed E-state index contributed by atoms with van der Waals surface area (Å²) in [6, 6.07) is 6.95. The zero-order valence-corrected chi connectivity index (χ0v) is 17.6. The summed E-state index contributed by atoms with van der Waals surface area (Å²) < 4.78 is 5.27. The van der Waals surface area contributed by atoms with E-state index >= 15 is 0 Å². The van der Waals surface area contributed by atoms with E-state index in [0.29, 0.717) is 11.5 Å². The lowest BCUT2D eigenvalue weighted by molar-refractivity contribution is 0.101. The van der Waals surface area contributed by atoms with Crippen molar-refractivity contribution in [2.24, 2.45) is 5.92 Å². The number of benzene rings is 1. The molecular weight excluding hydrogens is 360 g/mol. The van der Waals surface area contributed by atoms with Gasteiger partial charge in [-0.3, -0.25) is 0 Å². The number of allylic oxidation sites excluding steroid dienone is 1. The van der Waals surface area contributed by atoms with Crippen LogP contribution in [-0.4, -0.2) is 21.9 Å². The second-order valence-corrected chi connectivity index (χ2v) is 9.51. The first-order valence-electron chi connectivity index (χ1n) is 11.2. The first-order chi connectivity index (χ1) is 14.0. The molecular formula is C25H32N2O2. The predicted molar refractivity (Wildman–Crippen MR) is 115 cm³/mol. The van der Waals surface area contributed by atoms with Gasteiger partial charge in [0.15, 0.2) is 0 Å². The average molecular weight is 393 g/mol. The molecule has 1 aliphatic heterocycles. The molecule has 2 atom stereocenters. The molecule has 4 nitrogen and oxygen atoms in total. The number of aliphatic hydroxyl groups is 1. The highest BCUT2D eigenvalue weighted by molar-refractivity contribution is 5.55. The highest BCUT2D eigenvalue weighted by Crippen LogP contribution is 2.59. The van der Waals surface area contributed by atoms with Crippen molar-refractivity contribution in [2.75, 3.05) is 0 Å². The van der Waals surface area contributed by atoms with Crippen molar-refractivity contribution in [1.82, 2.24) is 10.5 Å². The maximum absolute atomic E-state index is 9.80. The summed E-state index contributed by atoms with van der Waals surface area (Å²) in [5.41, 5.74) is 6.81. The summed E-state index contributed by atoms with van der Waals surface area (Å²) in [6.45, 7) is 4.98. The SMILES string of the molecule is Cc1noc(C)c1C/C=C\c1ccc2c(c1)C1CC1(CC1CCC(O)CC1)NC2. The number of aromatic nitrogens is 1. The molecule has 2 saturated carbocycles. The summed E-state index contributed by atoms with van der Waals surface area (Å²) in [4.78, 5) is 0. The molecule has 2 heterocycles. The van der Waals surface area contributed by atoms with Gasteiger partial charge in [0, 0.05) is 23.6 Å². The van der Waals surface area contributed by atoms with E-state index in [9.17, 15) is 5.11 Å². The van der Waals surface area contributed by atoms with Gasteiger partial charge in [0.05, 0.1) is 11.8 Å². The van der Waals surface area contributed by atoms with Crippen LogP contribution in [-0.2, 0) is 13.0 Å². The van der Waals surface area contributed by atoms with Crippen LogP contribution in [0, 0.1) is 19.8 Å². The Morgan fingerprint density at radius 2 is 2.07 bits per heavy atom. The van der Waals surface area contributed by atoms with E-state index in [-0.39, 0.29) is 6.10 Å². The Kier molecular flexibility index (Phi) is 4.87. The Bertz CT molecular complexity index is 903. The van der Waals surface area contributed by atoms with Gasteiger partial charge in [0.2, 0.25) is 0 Å². The van der Waals surface area contributed by atoms with Crippen molar-refractivity contribution in [1.29, 1.82) is 0 Å². The highest BCUT2D eigenvalue weighted by Gasteiger charge is 2.57. The second-order valence-electron chi connectivity index (χ2n) is 9.51. The van der Waals surface area contributed by atoms with E-state index in [4.69, 9.17) is 4.52 Å². The molecule has 0 amide bonds. The summed E-state index contributed by atoms with van der Waals surface area (Å²) in [5.74, 6) is 2.35. The van der Waals surface area contributed by atoms with E-state index in [1.807, 2.05) is 13.8 Å². The molecule has 3 aliphatic rings. The number of nitrogens with one attached hydrogen (secondary N) is 1. The van der Waals surface area contributed by atoms with Gasteiger partial charge < -0.3 is 14.9 Å². The van der Waals surface area contributed by atoms with Crippen LogP contribution in [0.3, 0.4) is 0 Å². The Hall–Kier alpha value is -1.91. The van der Waals surface area contributed by atoms with Crippen molar-refractivity contribution in [3.8, 4) is 0 Å². The number of rotatable bonds is 5. The Labute approximate surface area is 173 Å². The topological polar surface area (TPSA) is 58.3 Å². The predicted octanol–water partition coefficient (Wildman–Crippen LogP) is 4.82. The van der Waals surface area contributed by atoms with Gasteiger partial charge in [-0.05, 0) is 81.4 Å². The van der Waals surface area contributed by atoms with E-state index < -0.39 is 0 Å². The lowest BCUT2D eigenvalue weighted by atomic mass is 9.80. The molecule has 154 valence electrons. The fraction of sp³-hybridized carbons (Fsp3) is 0.560. The molecule has 2 N–H and O–H groups in total. The zero-order valence-electron chi connectivity index (χ0n) is 17.6. The quantitative estimate of drug-likeness (QED) is 0.766. The second kappa shape index (κ2) is 7.41. The first-order valence-corrected chi connectivity index (χ1v) is 11.2. The fourth-order valence-electron chi connectivity index (χ4n) is 5.65. The summed E-state index contributed by atoms with van der Waals surface area (Å²) >= 11 is 0. The molecule has 1 aromatic carbocycles. The highest BCUT2D eigenvalue weighted by atomic mass is 16.5. The minimum Gasteiger partial charge on any atom is -0.393 e. The maximum Gasteiger partial charge on any atom is 0.137 e. The number of hydrogen-bond acceptors (Lipinski definition) is 4. The largest absolute Gasteiger partial charge is 0.393 e. The molecule has 2 aliphatic carbocycles. The molecule has 2 aromatic rings. The van der Waals surface area contributed by atoms with E-state index in [0.717, 1.165) is 43.2 Å². The summed E-state index contributed by atoms with van der Waals surface area (Å²) in [5, 5.41) is 17.7. The minimum atomic E-state index is -0.0569. The van der Waals surface area contributed by atoms with Crippen LogP contribution in [0.1, 0.15) is 78.2 Å². The van der Waals surface area contributed by atoms with Gasteiger partial charge in [0.1, 0.15) is 5.76 Å². The number of nitrogens with zero attached hydrogens (tertiary/aromatic N) is 1. The number of aryl methyl sites for hydroxylation is 2. The van der Waals surface area contributed by atoms with Crippen LogP contribution in [0.25, 0.3) is 6.08 Å². The third-order valence-electron chi connectivity index (χ3n) is 7.53. The lowest BCUT2D eigenvalue weighted by Crippen LogP contribution is -2.38. The van der Waals surface area contributed by atoms with Crippen molar-refractivity contribution in [3.63, 3.8) is 0 Å². The van der Waals surface area contributed by atoms with Crippen molar-refractivity contribution in [2.45, 2.75) is 82.9 Å². The Morgan fingerprint density at radius 3 is 2.83 bits per heavy atom. The molecule has 4 heteroatoms. The van der Waals surface area contributed by atoms with Crippen molar-refractivity contribution >= 4 is 6.08 Å². The van der Waals surface area contributed by atoms with Gasteiger partial charge in [-0.25, -0.2) is 0 Å². The van der Waals surface area contributed by atoms with Gasteiger partial charge in [0.25, 0.3) is 0 Å². The molecule has 0 bridgehead atoms. The van der Waals surface area contributed by atoms with Crippen molar-refractivity contribution in [3.05, 3.63) is 58.0 Å². The molecule has 0 saturated heterocycles. The van der Waals surface area contributed by atoms with Crippen LogP contribution >= 0.6 is 0 Å². The zero-order chi connectivity index (χ0) is 20.0. The minimum absolute atomic E-state index is 0.0569. The molecule has 1 aromatic heterocycles. The normalized spacial score (nSPS) is 30.9.